The summed E-state index contributed by atoms with van der Waals surface area (Å²) in [4.78, 5) is 18.5. The van der Waals surface area contributed by atoms with Crippen molar-refractivity contribution in [2.45, 2.75) is 19.8 Å². The quantitative estimate of drug-likeness (QED) is 0.461. The molecule has 2 rings (SSSR count). The molecular formula is C12H13N3O3. The Kier molecular flexibility index (Phi) is 3.66. The van der Waals surface area contributed by atoms with Gasteiger partial charge >= 0.3 is 0 Å². The number of hydrogen-bond donors (Lipinski definition) is 0. The van der Waals surface area contributed by atoms with Crippen LogP contribution in [0.1, 0.15) is 19.8 Å². The molecule has 0 aliphatic rings. The lowest BCUT2D eigenvalue weighted by Crippen LogP contribution is -1.99. The second-order valence-corrected chi connectivity index (χ2v) is 3.84. The maximum atomic E-state index is 10.6. The van der Waals surface area contributed by atoms with Crippen LogP contribution in [0.25, 0.3) is 11.0 Å². The molecule has 6 nitrogen and oxygen atoms in total. The van der Waals surface area contributed by atoms with Gasteiger partial charge in [0.2, 0.25) is 5.88 Å². The molecule has 0 aliphatic heterocycles. The molecule has 0 atom stereocenters. The SMILES string of the molecule is CCCCOc1cnc2cc([N+](=O)[O-])ccc2n1. The van der Waals surface area contributed by atoms with Crippen LogP contribution < -0.4 is 4.74 Å². The van der Waals surface area contributed by atoms with Crippen LogP contribution in [-0.2, 0) is 0 Å². The molecular weight excluding hydrogens is 234 g/mol. The Morgan fingerprint density at radius 3 is 2.94 bits per heavy atom. The van der Waals surface area contributed by atoms with Gasteiger partial charge in [-0.2, -0.15) is 0 Å². The minimum atomic E-state index is -0.452. The molecule has 1 heterocycles. The highest BCUT2D eigenvalue weighted by atomic mass is 16.6. The monoisotopic (exact) mass is 247 g/mol. The van der Waals surface area contributed by atoms with Gasteiger partial charge in [0.1, 0.15) is 0 Å². The summed E-state index contributed by atoms with van der Waals surface area (Å²) in [6.07, 6.45) is 3.49. The summed E-state index contributed by atoms with van der Waals surface area (Å²) in [6.45, 7) is 2.68. The van der Waals surface area contributed by atoms with Gasteiger partial charge < -0.3 is 4.74 Å². The second kappa shape index (κ2) is 5.39. The Balaban J connectivity index is 2.24. The standard InChI is InChI=1S/C12H13N3O3/c1-2-3-6-18-12-8-13-11-7-9(15(16)17)4-5-10(11)14-12/h4-5,7-8H,2-3,6H2,1H3. The molecule has 1 aromatic heterocycles. The van der Waals surface area contributed by atoms with Gasteiger partial charge in [-0.1, -0.05) is 13.3 Å². The highest BCUT2D eigenvalue weighted by Crippen LogP contribution is 2.19. The molecule has 0 aliphatic carbocycles. The lowest BCUT2D eigenvalue weighted by atomic mass is 10.2. The number of benzene rings is 1. The first-order valence-corrected chi connectivity index (χ1v) is 5.74. The highest BCUT2D eigenvalue weighted by molar-refractivity contribution is 5.77. The van der Waals surface area contributed by atoms with Crippen molar-refractivity contribution in [1.29, 1.82) is 0 Å². The van der Waals surface area contributed by atoms with Gasteiger partial charge in [-0.25, -0.2) is 9.97 Å². The third-order valence-corrected chi connectivity index (χ3v) is 2.46. The van der Waals surface area contributed by atoms with E-state index in [1.165, 1.54) is 18.3 Å². The minimum absolute atomic E-state index is 0.0106. The highest BCUT2D eigenvalue weighted by Gasteiger charge is 2.08. The topological polar surface area (TPSA) is 78.2 Å². The van der Waals surface area contributed by atoms with Crippen LogP contribution in [0.4, 0.5) is 5.69 Å². The number of non-ortho nitro benzene ring substituents is 1. The van der Waals surface area contributed by atoms with E-state index in [1.54, 1.807) is 6.07 Å². The van der Waals surface area contributed by atoms with E-state index in [0.717, 1.165) is 12.8 Å². The smallest absolute Gasteiger partial charge is 0.271 e. The minimum Gasteiger partial charge on any atom is -0.477 e. The maximum absolute atomic E-state index is 10.6. The summed E-state index contributed by atoms with van der Waals surface area (Å²) in [5.41, 5.74) is 1.10. The molecule has 0 fully saturated rings. The van der Waals surface area contributed by atoms with E-state index < -0.39 is 4.92 Å². The van der Waals surface area contributed by atoms with Crippen LogP contribution >= 0.6 is 0 Å². The van der Waals surface area contributed by atoms with Crippen LogP contribution in [0.5, 0.6) is 5.88 Å². The molecule has 2 aromatic rings. The van der Waals surface area contributed by atoms with Crippen LogP contribution in [-0.4, -0.2) is 21.5 Å². The summed E-state index contributed by atoms with van der Waals surface area (Å²) >= 11 is 0. The summed E-state index contributed by atoms with van der Waals surface area (Å²) in [7, 11) is 0. The van der Waals surface area contributed by atoms with Crippen molar-refractivity contribution in [3.8, 4) is 5.88 Å². The number of rotatable bonds is 5. The van der Waals surface area contributed by atoms with Gasteiger partial charge in [-0.05, 0) is 12.5 Å². The number of fused-ring (bicyclic) bond motifs is 1. The Bertz CT molecular complexity index is 571. The molecule has 0 unspecified atom stereocenters. The molecule has 6 heteroatoms. The largest absolute Gasteiger partial charge is 0.477 e. The molecule has 0 saturated heterocycles. The second-order valence-electron chi connectivity index (χ2n) is 3.84. The molecule has 0 saturated carbocycles. The Hall–Kier alpha value is -2.24. The van der Waals surface area contributed by atoms with Gasteiger partial charge in [0.15, 0.2) is 0 Å². The van der Waals surface area contributed by atoms with Gasteiger partial charge in [-0.3, -0.25) is 10.1 Å². The molecule has 0 N–H and O–H groups in total. The molecule has 94 valence electrons. The fourth-order valence-corrected chi connectivity index (χ4v) is 1.49. The van der Waals surface area contributed by atoms with Crippen LogP contribution in [0.15, 0.2) is 24.4 Å². The van der Waals surface area contributed by atoms with Crippen molar-refractivity contribution in [1.82, 2.24) is 9.97 Å². The third kappa shape index (κ3) is 2.71. The predicted octanol–water partition coefficient (Wildman–Crippen LogP) is 2.72. The van der Waals surface area contributed by atoms with E-state index in [4.69, 9.17) is 4.74 Å². The summed E-state index contributed by atoms with van der Waals surface area (Å²) in [6, 6.07) is 4.39. The molecule has 0 radical (unpaired) electrons. The first-order valence-electron chi connectivity index (χ1n) is 5.74. The Morgan fingerprint density at radius 1 is 1.39 bits per heavy atom. The van der Waals surface area contributed by atoms with Crippen molar-refractivity contribution >= 4 is 16.7 Å². The number of aromatic nitrogens is 2. The molecule has 1 aromatic carbocycles. The zero-order chi connectivity index (χ0) is 13.0. The number of unbranched alkanes of at least 4 members (excludes halogenated alkanes) is 1. The summed E-state index contributed by atoms with van der Waals surface area (Å²) in [5, 5.41) is 10.6. The van der Waals surface area contributed by atoms with Crippen molar-refractivity contribution in [2.24, 2.45) is 0 Å². The summed E-state index contributed by atoms with van der Waals surface area (Å²) in [5.74, 6) is 0.449. The number of nitrogens with zero attached hydrogens (tertiary/aromatic N) is 3. The van der Waals surface area contributed by atoms with Gasteiger partial charge in [-0.15, -0.1) is 0 Å². The zero-order valence-corrected chi connectivity index (χ0v) is 10.00. The molecule has 0 amide bonds. The van der Waals surface area contributed by atoms with E-state index in [-0.39, 0.29) is 5.69 Å². The average molecular weight is 247 g/mol. The van der Waals surface area contributed by atoms with Crippen molar-refractivity contribution < 1.29 is 9.66 Å². The normalized spacial score (nSPS) is 10.5. The molecule has 18 heavy (non-hydrogen) atoms. The number of nitro groups is 1. The number of nitro benzene ring substituents is 1. The van der Waals surface area contributed by atoms with Crippen molar-refractivity contribution in [3.05, 3.63) is 34.5 Å². The lowest BCUT2D eigenvalue weighted by molar-refractivity contribution is -0.384. The van der Waals surface area contributed by atoms with Gasteiger partial charge in [0, 0.05) is 12.1 Å². The maximum Gasteiger partial charge on any atom is 0.271 e. The van der Waals surface area contributed by atoms with E-state index in [0.29, 0.717) is 23.5 Å². The van der Waals surface area contributed by atoms with Crippen LogP contribution in [0.2, 0.25) is 0 Å². The average Bonchev–Trinajstić information content (AvgIpc) is 2.38. The van der Waals surface area contributed by atoms with E-state index in [2.05, 4.69) is 16.9 Å². The van der Waals surface area contributed by atoms with Crippen LogP contribution in [0.3, 0.4) is 0 Å². The zero-order valence-electron chi connectivity index (χ0n) is 10.00. The van der Waals surface area contributed by atoms with Crippen molar-refractivity contribution in [3.63, 3.8) is 0 Å². The lowest BCUT2D eigenvalue weighted by Gasteiger charge is -2.04. The van der Waals surface area contributed by atoms with E-state index >= 15 is 0 Å². The Labute approximate surface area is 104 Å². The fourth-order valence-electron chi connectivity index (χ4n) is 1.49. The molecule has 0 spiro atoms. The van der Waals surface area contributed by atoms with Gasteiger partial charge in [0.05, 0.1) is 28.8 Å². The van der Waals surface area contributed by atoms with E-state index in [9.17, 15) is 10.1 Å². The summed E-state index contributed by atoms with van der Waals surface area (Å²) < 4.78 is 5.42. The third-order valence-electron chi connectivity index (χ3n) is 2.46. The van der Waals surface area contributed by atoms with E-state index in [1.807, 2.05) is 0 Å². The number of ether oxygens (including phenoxy) is 1. The molecule has 0 bridgehead atoms. The predicted molar refractivity (Wildman–Crippen MR) is 66.6 cm³/mol. The first kappa shape index (κ1) is 12.2. The van der Waals surface area contributed by atoms with Crippen LogP contribution in [0, 0.1) is 10.1 Å². The first-order chi connectivity index (χ1) is 8.70. The van der Waals surface area contributed by atoms with Crippen molar-refractivity contribution in [2.75, 3.05) is 6.61 Å². The van der Waals surface area contributed by atoms with Gasteiger partial charge in [0.25, 0.3) is 5.69 Å². The fraction of sp³-hybridized carbons (Fsp3) is 0.333. The Morgan fingerprint density at radius 2 is 2.22 bits per heavy atom. The number of hydrogen-bond acceptors (Lipinski definition) is 5.